The van der Waals surface area contributed by atoms with Crippen LogP contribution in [0.2, 0.25) is 0 Å². The van der Waals surface area contributed by atoms with Crippen LogP contribution in [0.3, 0.4) is 0 Å². The second kappa shape index (κ2) is 8.96. The van der Waals surface area contributed by atoms with E-state index in [1.165, 1.54) is 43.5 Å². The molecule has 2 aliphatic rings. The van der Waals surface area contributed by atoms with Gasteiger partial charge in [0.1, 0.15) is 5.75 Å². The van der Waals surface area contributed by atoms with Crippen molar-refractivity contribution in [3.8, 4) is 5.75 Å². The summed E-state index contributed by atoms with van der Waals surface area (Å²) in [6.45, 7) is 9.97. The summed E-state index contributed by atoms with van der Waals surface area (Å²) >= 11 is 0. The quantitative estimate of drug-likeness (QED) is 0.631. The van der Waals surface area contributed by atoms with E-state index in [0.29, 0.717) is 18.6 Å². The number of hydrogen-bond acceptors (Lipinski definition) is 3. The lowest BCUT2D eigenvalue weighted by Gasteiger charge is -2.52. The zero-order valence-corrected chi connectivity index (χ0v) is 17.8. The Kier molecular flexibility index (Phi) is 6.86. The van der Waals surface area contributed by atoms with Gasteiger partial charge in [-0.3, -0.25) is 0 Å². The Morgan fingerprint density at radius 3 is 2.63 bits per heavy atom. The molecule has 3 nitrogen and oxygen atoms in total. The molecular weight excluding hydrogens is 334 g/mol. The Morgan fingerprint density at radius 1 is 1.22 bits per heavy atom. The maximum Gasteiger partial charge on any atom is 0.119 e. The van der Waals surface area contributed by atoms with Crippen molar-refractivity contribution < 1.29 is 9.84 Å². The number of aliphatic hydroxyl groups excluding tert-OH is 1. The van der Waals surface area contributed by atoms with E-state index < -0.39 is 0 Å². The van der Waals surface area contributed by atoms with Crippen LogP contribution in [-0.4, -0.2) is 42.9 Å². The number of nitrogens with zero attached hydrogens (tertiary/aromatic N) is 1. The number of likely N-dealkylation sites (tertiary alicyclic amines) is 1. The van der Waals surface area contributed by atoms with Gasteiger partial charge in [-0.1, -0.05) is 26.3 Å². The molecule has 152 valence electrons. The number of aryl methyl sites for hydroxylation is 1. The summed E-state index contributed by atoms with van der Waals surface area (Å²) in [7, 11) is 1.77. The number of hydrogen-bond donors (Lipinski definition) is 1. The van der Waals surface area contributed by atoms with Crippen LogP contribution in [0.4, 0.5) is 0 Å². The minimum Gasteiger partial charge on any atom is -0.497 e. The molecule has 0 amide bonds. The Balaban J connectivity index is 1.94. The Hall–Kier alpha value is -1.06. The molecule has 1 aromatic rings. The van der Waals surface area contributed by atoms with Gasteiger partial charge in [-0.15, -0.1) is 0 Å². The normalized spacial score (nSPS) is 29.1. The van der Waals surface area contributed by atoms with E-state index in [-0.39, 0.29) is 5.41 Å². The highest BCUT2D eigenvalue weighted by molar-refractivity contribution is 5.42. The van der Waals surface area contributed by atoms with E-state index in [0.717, 1.165) is 37.4 Å². The van der Waals surface area contributed by atoms with E-state index in [1.54, 1.807) is 7.11 Å². The summed E-state index contributed by atoms with van der Waals surface area (Å²) in [5.74, 6) is 2.52. The molecule has 1 saturated heterocycles. The van der Waals surface area contributed by atoms with Gasteiger partial charge in [0, 0.05) is 24.6 Å². The van der Waals surface area contributed by atoms with Crippen LogP contribution in [-0.2, 0) is 11.8 Å². The van der Waals surface area contributed by atoms with Gasteiger partial charge < -0.3 is 14.7 Å². The van der Waals surface area contributed by atoms with Crippen molar-refractivity contribution in [1.82, 2.24) is 4.90 Å². The van der Waals surface area contributed by atoms with Crippen LogP contribution in [0.1, 0.15) is 70.4 Å². The molecule has 0 bridgehead atoms. The second-order valence-corrected chi connectivity index (χ2v) is 8.93. The van der Waals surface area contributed by atoms with Crippen LogP contribution in [0, 0.1) is 11.8 Å². The van der Waals surface area contributed by atoms with Crippen molar-refractivity contribution in [3.05, 3.63) is 29.3 Å². The lowest BCUT2D eigenvalue weighted by Crippen LogP contribution is -2.54. The van der Waals surface area contributed by atoms with Gasteiger partial charge in [-0.25, -0.2) is 0 Å². The zero-order valence-electron chi connectivity index (χ0n) is 17.8. The topological polar surface area (TPSA) is 32.7 Å². The smallest absolute Gasteiger partial charge is 0.119 e. The fourth-order valence-corrected chi connectivity index (χ4v) is 5.32. The highest BCUT2D eigenvalue weighted by atomic mass is 16.5. The fourth-order valence-electron chi connectivity index (χ4n) is 5.32. The van der Waals surface area contributed by atoms with Crippen LogP contribution >= 0.6 is 0 Å². The Labute approximate surface area is 166 Å². The van der Waals surface area contributed by atoms with Gasteiger partial charge in [0.25, 0.3) is 0 Å². The molecule has 1 aromatic carbocycles. The van der Waals surface area contributed by atoms with Gasteiger partial charge in [0.05, 0.1) is 7.11 Å². The van der Waals surface area contributed by atoms with Crippen LogP contribution in [0.5, 0.6) is 5.75 Å². The first-order chi connectivity index (χ1) is 13.1. The molecule has 1 unspecified atom stereocenters. The summed E-state index contributed by atoms with van der Waals surface area (Å²) in [4.78, 5) is 2.75. The van der Waals surface area contributed by atoms with Crippen molar-refractivity contribution in [2.45, 2.75) is 77.2 Å². The highest BCUT2D eigenvalue weighted by Crippen LogP contribution is 2.49. The number of ether oxygens (including phenoxy) is 1. The van der Waals surface area contributed by atoms with E-state index in [4.69, 9.17) is 4.74 Å². The number of piperidine rings is 1. The minimum atomic E-state index is 0.189. The maximum atomic E-state index is 9.37. The van der Waals surface area contributed by atoms with Crippen molar-refractivity contribution >= 4 is 0 Å². The van der Waals surface area contributed by atoms with Crippen molar-refractivity contribution in [2.24, 2.45) is 11.8 Å². The lowest BCUT2D eigenvalue weighted by molar-refractivity contribution is 0.0343. The Bertz CT molecular complexity index is 612. The fraction of sp³-hybridized carbons (Fsp3) is 0.750. The Morgan fingerprint density at radius 2 is 2.00 bits per heavy atom. The van der Waals surface area contributed by atoms with Crippen LogP contribution < -0.4 is 4.74 Å². The lowest BCUT2D eigenvalue weighted by atomic mass is 9.60. The van der Waals surface area contributed by atoms with E-state index in [9.17, 15) is 5.11 Å². The first-order valence-electron chi connectivity index (χ1n) is 11.1. The summed E-state index contributed by atoms with van der Waals surface area (Å²) in [5.41, 5.74) is 3.16. The number of methoxy groups -OCH3 is 1. The standard InChI is InChI=1S/C24H39NO2/c1-5-21-10-11-22(27-4)16-23(21)24(12-6-7-15-26)13-14-25(17-20-8-9-20)19(3)18(24)2/h10-11,16,18-20,26H,5-9,12-15,17H2,1-4H3/t18-,19?,24-/m0/s1. The summed E-state index contributed by atoms with van der Waals surface area (Å²) in [6.07, 6.45) is 8.29. The molecular formula is C24H39NO2. The third-order valence-corrected chi connectivity index (χ3v) is 7.47. The third-order valence-electron chi connectivity index (χ3n) is 7.47. The third kappa shape index (κ3) is 4.35. The molecule has 2 fully saturated rings. The summed E-state index contributed by atoms with van der Waals surface area (Å²) < 4.78 is 5.61. The molecule has 1 aliphatic heterocycles. The van der Waals surface area contributed by atoms with Crippen molar-refractivity contribution in [2.75, 3.05) is 26.8 Å². The zero-order chi connectivity index (χ0) is 19.4. The van der Waals surface area contributed by atoms with Crippen molar-refractivity contribution in [1.29, 1.82) is 0 Å². The molecule has 3 atom stereocenters. The van der Waals surface area contributed by atoms with Gasteiger partial charge in [0.15, 0.2) is 0 Å². The van der Waals surface area contributed by atoms with Crippen LogP contribution in [0.25, 0.3) is 0 Å². The molecule has 1 N–H and O–H groups in total. The SMILES string of the molecule is CCc1ccc(OC)cc1[C@@]1(CCCCO)CCN(CC2CC2)C(C)[C@@H]1C. The van der Waals surface area contributed by atoms with E-state index in [2.05, 4.69) is 43.9 Å². The van der Waals surface area contributed by atoms with E-state index in [1.807, 2.05) is 0 Å². The molecule has 1 aliphatic carbocycles. The molecule has 3 heteroatoms. The molecule has 0 radical (unpaired) electrons. The second-order valence-electron chi connectivity index (χ2n) is 8.93. The van der Waals surface area contributed by atoms with Gasteiger partial charge in [0.2, 0.25) is 0 Å². The summed E-state index contributed by atoms with van der Waals surface area (Å²) in [5, 5.41) is 9.37. The highest BCUT2D eigenvalue weighted by Gasteiger charge is 2.46. The molecule has 0 aromatic heterocycles. The van der Waals surface area contributed by atoms with Crippen molar-refractivity contribution in [3.63, 3.8) is 0 Å². The van der Waals surface area contributed by atoms with Crippen LogP contribution in [0.15, 0.2) is 18.2 Å². The monoisotopic (exact) mass is 373 g/mol. The number of aliphatic hydroxyl groups is 1. The van der Waals surface area contributed by atoms with E-state index >= 15 is 0 Å². The molecule has 27 heavy (non-hydrogen) atoms. The van der Waals surface area contributed by atoms with Gasteiger partial charge in [-0.2, -0.15) is 0 Å². The average Bonchev–Trinajstić information content (AvgIpc) is 3.51. The predicted octanol–water partition coefficient (Wildman–Crippen LogP) is 4.80. The number of benzene rings is 1. The first kappa shape index (κ1) is 20.7. The molecule has 1 saturated carbocycles. The molecule has 3 rings (SSSR count). The molecule has 0 spiro atoms. The minimum absolute atomic E-state index is 0.189. The number of rotatable bonds is 9. The van der Waals surface area contributed by atoms with Gasteiger partial charge >= 0.3 is 0 Å². The maximum absolute atomic E-state index is 9.37. The first-order valence-corrected chi connectivity index (χ1v) is 11.1. The number of unbranched alkanes of at least 4 members (excludes halogenated alkanes) is 1. The molecule has 1 heterocycles. The van der Waals surface area contributed by atoms with Gasteiger partial charge in [-0.05, 0) is 87.1 Å². The largest absolute Gasteiger partial charge is 0.497 e. The average molecular weight is 374 g/mol. The summed E-state index contributed by atoms with van der Waals surface area (Å²) in [6, 6.07) is 7.30. The predicted molar refractivity (Wildman–Crippen MR) is 113 cm³/mol.